The van der Waals surface area contributed by atoms with Gasteiger partial charge in [0.05, 0.1) is 15.2 Å². The first kappa shape index (κ1) is 14.2. The molecule has 0 saturated carbocycles. The average molecular weight is 345 g/mol. The zero-order chi connectivity index (χ0) is 13.7. The summed E-state index contributed by atoms with van der Waals surface area (Å²) in [7, 11) is 0. The molecule has 0 bridgehead atoms. The largest absolute Gasteiger partial charge is 0.492 e. The van der Waals surface area contributed by atoms with Gasteiger partial charge in [-0.3, -0.25) is 0 Å². The van der Waals surface area contributed by atoms with Crippen molar-refractivity contribution in [2.45, 2.75) is 0 Å². The van der Waals surface area contributed by atoms with Crippen LogP contribution >= 0.6 is 27.5 Å². The van der Waals surface area contributed by atoms with Gasteiger partial charge in [0.2, 0.25) is 0 Å². The maximum absolute atomic E-state index is 13.0. The van der Waals surface area contributed by atoms with Crippen LogP contribution in [0.15, 0.2) is 46.9 Å². The first-order chi connectivity index (χ1) is 9.16. The van der Waals surface area contributed by atoms with Crippen molar-refractivity contribution in [1.82, 2.24) is 0 Å². The van der Waals surface area contributed by atoms with Crippen molar-refractivity contribution in [3.63, 3.8) is 0 Å². The lowest BCUT2D eigenvalue weighted by atomic mass is 10.3. The molecule has 0 radical (unpaired) electrons. The van der Waals surface area contributed by atoms with Crippen LogP contribution in [0.5, 0.6) is 5.75 Å². The Kier molecular flexibility index (Phi) is 5.05. The molecule has 1 N–H and O–H groups in total. The number of anilines is 1. The van der Waals surface area contributed by atoms with E-state index < -0.39 is 0 Å². The Hall–Kier alpha value is -1.26. The molecule has 0 saturated heterocycles. The van der Waals surface area contributed by atoms with E-state index in [2.05, 4.69) is 21.2 Å². The lowest BCUT2D eigenvalue weighted by molar-refractivity contribution is 0.332. The Morgan fingerprint density at radius 3 is 2.74 bits per heavy atom. The molecule has 0 aromatic heterocycles. The number of halogens is 3. The molecule has 0 aliphatic heterocycles. The van der Waals surface area contributed by atoms with Crippen molar-refractivity contribution in [3.8, 4) is 5.75 Å². The predicted octanol–water partition coefficient (Wildman–Crippen LogP) is 4.73. The fourth-order valence-corrected chi connectivity index (χ4v) is 2.09. The molecule has 2 rings (SSSR count). The third-order valence-electron chi connectivity index (χ3n) is 2.45. The SMILES string of the molecule is Fc1ccc(OCCNc2ccccc2Cl)cc1Br. The van der Waals surface area contributed by atoms with Crippen LogP contribution in [0.3, 0.4) is 0 Å². The molecular formula is C14H12BrClFNO. The van der Waals surface area contributed by atoms with Crippen LogP contribution < -0.4 is 10.1 Å². The molecule has 19 heavy (non-hydrogen) atoms. The summed E-state index contributed by atoms with van der Waals surface area (Å²) in [6.45, 7) is 1.07. The Balaban J connectivity index is 1.81. The number of ether oxygens (including phenoxy) is 1. The van der Waals surface area contributed by atoms with Crippen LogP contribution in [0.25, 0.3) is 0 Å². The molecular weight excluding hydrogens is 333 g/mol. The van der Waals surface area contributed by atoms with E-state index in [4.69, 9.17) is 16.3 Å². The molecule has 0 aliphatic rings. The molecule has 2 nitrogen and oxygen atoms in total. The number of para-hydroxylation sites is 1. The molecule has 0 unspecified atom stereocenters. The minimum Gasteiger partial charge on any atom is -0.492 e. The van der Waals surface area contributed by atoms with Gasteiger partial charge in [-0.25, -0.2) is 4.39 Å². The fraction of sp³-hybridized carbons (Fsp3) is 0.143. The second-order valence-corrected chi connectivity index (χ2v) is 5.09. The second kappa shape index (κ2) is 6.78. The summed E-state index contributed by atoms with van der Waals surface area (Å²) >= 11 is 9.12. The van der Waals surface area contributed by atoms with Gasteiger partial charge in [0, 0.05) is 6.54 Å². The maximum atomic E-state index is 13.0. The molecule has 100 valence electrons. The van der Waals surface area contributed by atoms with E-state index >= 15 is 0 Å². The van der Waals surface area contributed by atoms with E-state index in [0.717, 1.165) is 5.69 Å². The quantitative estimate of drug-likeness (QED) is 0.792. The van der Waals surface area contributed by atoms with Gasteiger partial charge in [-0.15, -0.1) is 0 Å². The van der Waals surface area contributed by atoms with Crippen molar-refractivity contribution in [3.05, 3.63) is 57.8 Å². The van der Waals surface area contributed by atoms with Gasteiger partial charge in [0.15, 0.2) is 0 Å². The Morgan fingerprint density at radius 2 is 2.00 bits per heavy atom. The number of nitrogens with one attached hydrogen (secondary N) is 1. The lowest BCUT2D eigenvalue weighted by Gasteiger charge is -2.10. The van der Waals surface area contributed by atoms with Crippen molar-refractivity contribution in [2.24, 2.45) is 0 Å². The van der Waals surface area contributed by atoms with Gasteiger partial charge in [-0.05, 0) is 46.3 Å². The maximum Gasteiger partial charge on any atom is 0.137 e. The molecule has 0 amide bonds. The van der Waals surface area contributed by atoms with E-state index in [0.29, 0.717) is 28.4 Å². The van der Waals surface area contributed by atoms with Gasteiger partial charge in [0.25, 0.3) is 0 Å². The highest BCUT2D eigenvalue weighted by Gasteiger charge is 2.01. The predicted molar refractivity (Wildman–Crippen MR) is 79.5 cm³/mol. The van der Waals surface area contributed by atoms with Gasteiger partial charge in [0.1, 0.15) is 18.2 Å². The first-order valence-corrected chi connectivity index (χ1v) is 6.90. The summed E-state index contributed by atoms with van der Waals surface area (Å²) in [6.07, 6.45) is 0. The molecule has 2 aromatic carbocycles. The summed E-state index contributed by atoms with van der Waals surface area (Å²) < 4.78 is 18.9. The Bertz CT molecular complexity index is 565. The minimum absolute atomic E-state index is 0.304. The molecule has 2 aromatic rings. The highest BCUT2D eigenvalue weighted by Crippen LogP contribution is 2.22. The van der Waals surface area contributed by atoms with Gasteiger partial charge < -0.3 is 10.1 Å². The van der Waals surface area contributed by atoms with E-state index in [1.54, 1.807) is 12.1 Å². The summed E-state index contributed by atoms with van der Waals surface area (Å²) in [5.74, 6) is 0.316. The average Bonchev–Trinajstić information content (AvgIpc) is 2.40. The molecule has 0 aliphatic carbocycles. The van der Waals surface area contributed by atoms with Crippen LogP contribution in [0.2, 0.25) is 5.02 Å². The third-order valence-corrected chi connectivity index (χ3v) is 3.39. The van der Waals surface area contributed by atoms with Gasteiger partial charge >= 0.3 is 0 Å². The number of hydrogen-bond acceptors (Lipinski definition) is 2. The zero-order valence-corrected chi connectivity index (χ0v) is 12.3. The third kappa shape index (κ3) is 4.11. The summed E-state index contributed by atoms with van der Waals surface area (Å²) in [6, 6.07) is 12.1. The Morgan fingerprint density at radius 1 is 1.21 bits per heavy atom. The standard InChI is InChI=1S/C14H12BrClFNO/c15-11-9-10(5-6-13(11)17)19-8-7-18-14-4-2-1-3-12(14)16/h1-6,9,18H,7-8H2. The lowest BCUT2D eigenvalue weighted by Crippen LogP contribution is -2.11. The van der Waals surface area contributed by atoms with Gasteiger partial charge in [-0.2, -0.15) is 0 Å². The summed E-state index contributed by atoms with van der Waals surface area (Å²) in [5.41, 5.74) is 0.869. The first-order valence-electron chi connectivity index (χ1n) is 5.73. The van der Waals surface area contributed by atoms with Crippen LogP contribution in [0.1, 0.15) is 0 Å². The molecule has 0 spiro atoms. The molecule has 0 atom stereocenters. The molecule has 0 heterocycles. The van der Waals surface area contributed by atoms with Crippen LogP contribution in [0.4, 0.5) is 10.1 Å². The monoisotopic (exact) mass is 343 g/mol. The molecule has 5 heteroatoms. The van der Waals surface area contributed by atoms with Crippen molar-refractivity contribution in [1.29, 1.82) is 0 Å². The number of rotatable bonds is 5. The topological polar surface area (TPSA) is 21.3 Å². The van der Waals surface area contributed by atoms with Crippen molar-refractivity contribution in [2.75, 3.05) is 18.5 Å². The smallest absolute Gasteiger partial charge is 0.137 e. The highest BCUT2D eigenvalue weighted by molar-refractivity contribution is 9.10. The summed E-state index contributed by atoms with van der Waals surface area (Å²) in [4.78, 5) is 0. The van der Waals surface area contributed by atoms with E-state index in [1.807, 2.05) is 24.3 Å². The normalized spacial score (nSPS) is 10.3. The number of hydrogen-bond donors (Lipinski definition) is 1. The van der Waals surface area contributed by atoms with Crippen LogP contribution in [0, 0.1) is 5.82 Å². The van der Waals surface area contributed by atoms with E-state index in [9.17, 15) is 4.39 Å². The van der Waals surface area contributed by atoms with E-state index in [1.165, 1.54) is 6.07 Å². The second-order valence-electron chi connectivity index (χ2n) is 3.83. The molecule has 0 fully saturated rings. The van der Waals surface area contributed by atoms with Crippen LogP contribution in [-0.4, -0.2) is 13.2 Å². The number of benzene rings is 2. The van der Waals surface area contributed by atoms with Crippen LogP contribution in [-0.2, 0) is 0 Å². The fourth-order valence-electron chi connectivity index (χ4n) is 1.53. The van der Waals surface area contributed by atoms with Crippen molar-refractivity contribution < 1.29 is 9.13 Å². The highest BCUT2D eigenvalue weighted by atomic mass is 79.9. The van der Waals surface area contributed by atoms with E-state index in [-0.39, 0.29) is 5.82 Å². The van der Waals surface area contributed by atoms with Gasteiger partial charge in [-0.1, -0.05) is 23.7 Å². The minimum atomic E-state index is -0.304. The Labute approximate surface area is 124 Å². The van der Waals surface area contributed by atoms with Crippen molar-refractivity contribution >= 4 is 33.2 Å². The summed E-state index contributed by atoms with van der Waals surface area (Å²) in [5, 5.41) is 3.84. The zero-order valence-electron chi connectivity index (χ0n) is 10.00.